The van der Waals surface area contributed by atoms with Gasteiger partial charge >= 0.3 is 0 Å². The summed E-state index contributed by atoms with van der Waals surface area (Å²) >= 11 is 0. The van der Waals surface area contributed by atoms with Crippen LogP contribution < -0.4 is 20.7 Å². The number of rotatable bonds is 7. The van der Waals surface area contributed by atoms with Crippen LogP contribution in [0.5, 0.6) is 11.6 Å². The minimum atomic E-state index is 0.0478. The molecule has 2 atom stereocenters. The van der Waals surface area contributed by atoms with Crippen LogP contribution in [0, 0.1) is 18.3 Å². The zero-order valence-electron chi connectivity index (χ0n) is 22.6. The van der Waals surface area contributed by atoms with Crippen molar-refractivity contribution in [2.24, 2.45) is 11.3 Å². The predicted octanol–water partition coefficient (Wildman–Crippen LogP) is 5.94. The van der Waals surface area contributed by atoms with Crippen LogP contribution in [-0.2, 0) is 4.79 Å². The summed E-state index contributed by atoms with van der Waals surface area (Å²) in [4.78, 5) is 26.7. The number of ether oxygens (including phenoxy) is 1. The molecule has 8 heteroatoms. The van der Waals surface area contributed by atoms with Crippen molar-refractivity contribution in [1.82, 2.24) is 20.3 Å². The number of amides is 1. The molecule has 0 unspecified atom stereocenters. The van der Waals surface area contributed by atoms with Crippen LogP contribution in [0.15, 0.2) is 60.9 Å². The number of carbonyl (C=O) groups is 1. The van der Waals surface area contributed by atoms with Crippen LogP contribution in [0.3, 0.4) is 0 Å². The molecule has 2 aromatic heterocycles. The van der Waals surface area contributed by atoms with Gasteiger partial charge in [0.05, 0.1) is 11.3 Å². The molecule has 0 radical (unpaired) electrons. The number of aryl methyl sites for hydroxylation is 1. The van der Waals surface area contributed by atoms with E-state index in [4.69, 9.17) is 9.72 Å². The van der Waals surface area contributed by atoms with Crippen molar-refractivity contribution < 1.29 is 9.53 Å². The Morgan fingerprint density at radius 1 is 1.05 bits per heavy atom. The summed E-state index contributed by atoms with van der Waals surface area (Å²) in [6.07, 6.45) is 6.61. The number of aromatic nitrogens is 3. The van der Waals surface area contributed by atoms with Crippen molar-refractivity contribution in [3.05, 3.63) is 66.5 Å². The number of benzene rings is 2. The van der Waals surface area contributed by atoms with Gasteiger partial charge in [0.25, 0.3) is 0 Å². The Balaban J connectivity index is 1.30. The van der Waals surface area contributed by atoms with Gasteiger partial charge in [-0.05, 0) is 68.0 Å². The highest BCUT2D eigenvalue weighted by Crippen LogP contribution is 2.52. The van der Waals surface area contributed by atoms with Crippen LogP contribution in [0.1, 0.15) is 38.7 Å². The average molecular weight is 523 g/mol. The fourth-order valence-electron chi connectivity index (χ4n) is 5.32. The number of pyridine rings is 1. The third-order valence-corrected chi connectivity index (χ3v) is 7.83. The molecule has 1 saturated heterocycles. The molecular formula is C31H34N6O2. The van der Waals surface area contributed by atoms with E-state index >= 15 is 0 Å². The summed E-state index contributed by atoms with van der Waals surface area (Å²) in [5, 5.41) is 11.9. The Hall–Kier alpha value is -4.04. The van der Waals surface area contributed by atoms with Gasteiger partial charge < -0.3 is 20.7 Å². The topological polar surface area (TPSA) is 101 Å². The molecule has 0 spiro atoms. The quantitative estimate of drug-likeness (QED) is 0.276. The number of piperidine rings is 1. The first-order chi connectivity index (χ1) is 18.9. The van der Waals surface area contributed by atoms with Gasteiger partial charge in [-0.1, -0.05) is 38.1 Å². The molecule has 39 heavy (non-hydrogen) atoms. The summed E-state index contributed by atoms with van der Waals surface area (Å²) in [5.74, 6) is 1.88. The molecule has 2 aliphatic rings. The van der Waals surface area contributed by atoms with E-state index in [0.717, 1.165) is 65.6 Å². The predicted molar refractivity (Wildman–Crippen MR) is 154 cm³/mol. The third-order valence-electron chi connectivity index (χ3n) is 7.83. The Morgan fingerprint density at radius 3 is 2.72 bits per heavy atom. The molecule has 3 heterocycles. The van der Waals surface area contributed by atoms with Crippen molar-refractivity contribution in [1.29, 1.82) is 0 Å². The molecule has 3 N–H and O–H groups in total. The van der Waals surface area contributed by atoms with Gasteiger partial charge in [0.15, 0.2) is 0 Å². The standard InChI is InChI=1S/C31H34N6O2/c1-19-11-12-21-22(8-4-10-25(21)36-28(38)24-17-31(24,2)3)27(19)39-29-23(9-6-15-33-29)26-13-16-34-30(37-26)35-20-7-5-14-32-18-20/h4,6,8-13,15-16,20,24,32H,5,7,14,17-18H2,1-3H3,(H,36,38)(H,34,35,37)/t20-,24-/m0/s1. The number of hydrogen-bond donors (Lipinski definition) is 3. The Labute approximate surface area is 228 Å². The molecule has 2 aromatic carbocycles. The van der Waals surface area contributed by atoms with Crippen molar-refractivity contribution in [3.63, 3.8) is 0 Å². The van der Waals surface area contributed by atoms with Gasteiger partial charge in [-0.2, -0.15) is 0 Å². The maximum atomic E-state index is 12.9. The van der Waals surface area contributed by atoms with Crippen LogP contribution in [0.2, 0.25) is 0 Å². The summed E-state index contributed by atoms with van der Waals surface area (Å²) in [6, 6.07) is 16.0. The molecule has 8 nitrogen and oxygen atoms in total. The van der Waals surface area contributed by atoms with E-state index in [1.54, 1.807) is 12.4 Å². The highest BCUT2D eigenvalue weighted by Gasteiger charge is 2.50. The van der Waals surface area contributed by atoms with Crippen molar-refractivity contribution in [2.75, 3.05) is 23.7 Å². The van der Waals surface area contributed by atoms with E-state index in [2.05, 4.69) is 39.8 Å². The van der Waals surface area contributed by atoms with Gasteiger partial charge in [0, 0.05) is 47.4 Å². The minimum Gasteiger partial charge on any atom is -0.437 e. The number of nitrogens with zero attached hydrogens (tertiary/aromatic N) is 3. The Bertz CT molecular complexity index is 1530. The van der Waals surface area contributed by atoms with Crippen molar-refractivity contribution in [3.8, 4) is 22.9 Å². The summed E-state index contributed by atoms with van der Waals surface area (Å²) in [7, 11) is 0. The monoisotopic (exact) mass is 522 g/mol. The molecule has 1 amide bonds. The van der Waals surface area contributed by atoms with Crippen LogP contribution in [-0.4, -0.2) is 40.0 Å². The molecule has 2 fully saturated rings. The van der Waals surface area contributed by atoms with E-state index in [0.29, 0.717) is 23.6 Å². The first kappa shape index (κ1) is 25.2. The number of carbonyl (C=O) groups excluding carboxylic acids is 1. The first-order valence-corrected chi connectivity index (χ1v) is 13.7. The van der Waals surface area contributed by atoms with Gasteiger partial charge in [0.1, 0.15) is 5.75 Å². The van der Waals surface area contributed by atoms with Crippen LogP contribution in [0.4, 0.5) is 11.6 Å². The van der Waals surface area contributed by atoms with Gasteiger partial charge in [0.2, 0.25) is 17.7 Å². The van der Waals surface area contributed by atoms with Gasteiger partial charge in [-0.25, -0.2) is 15.0 Å². The summed E-state index contributed by atoms with van der Waals surface area (Å²) in [5.41, 5.74) is 3.34. The van der Waals surface area contributed by atoms with Crippen molar-refractivity contribution >= 4 is 28.3 Å². The normalized spacial score (nSPS) is 19.9. The minimum absolute atomic E-state index is 0.0478. The van der Waals surface area contributed by atoms with E-state index in [-0.39, 0.29) is 17.2 Å². The molecule has 1 saturated carbocycles. The van der Waals surface area contributed by atoms with Crippen molar-refractivity contribution in [2.45, 2.75) is 46.1 Å². The molecule has 200 valence electrons. The average Bonchev–Trinajstić information content (AvgIpc) is 3.59. The van der Waals surface area contributed by atoms with E-state index in [1.807, 2.05) is 55.5 Å². The number of nitrogens with one attached hydrogen (secondary N) is 3. The summed E-state index contributed by atoms with van der Waals surface area (Å²) in [6.45, 7) is 8.22. The van der Waals surface area contributed by atoms with Gasteiger partial charge in [-0.3, -0.25) is 4.79 Å². The van der Waals surface area contributed by atoms with Crippen LogP contribution >= 0.6 is 0 Å². The maximum absolute atomic E-state index is 12.9. The van der Waals surface area contributed by atoms with Gasteiger partial charge in [-0.15, -0.1) is 0 Å². The molecule has 6 rings (SSSR count). The Morgan fingerprint density at radius 2 is 1.92 bits per heavy atom. The highest BCUT2D eigenvalue weighted by molar-refractivity contribution is 6.05. The largest absolute Gasteiger partial charge is 0.437 e. The fourth-order valence-corrected chi connectivity index (χ4v) is 5.32. The highest BCUT2D eigenvalue weighted by atomic mass is 16.5. The lowest BCUT2D eigenvalue weighted by atomic mass is 10.0. The zero-order valence-corrected chi connectivity index (χ0v) is 22.6. The first-order valence-electron chi connectivity index (χ1n) is 13.7. The lowest BCUT2D eigenvalue weighted by Gasteiger charge is -2.23. The number of fused-ring (bicyclic) bond motifs is 1. The fraction of sp³-hybridized carbons (Fsp3) is 0.355. The lowest BCUT2D eigenvalue weighted by Crippen LogP contribution is -2.38. The van der Waals surface area contributed by atoms with Crippen LogP contribution in [0.25, 0.3) is 22.0 Å². The second-order valence-corrected chi connectivity index (χ2v) is 11.3. The Kier molecular flexibility index (Phi) is 6.64. The lowest BCUT2D eigenvalue weighted by molar-refractivity contribution is -0.117. The SMILES string of the molecule is Cc1ccc2c(NC(=O)[C@@H]3CC3(C)C)cccc2c1Oc1ncccc1-c1ccnc(N[C@H]2CCCNC2)n1. The van der Waals surface area contributed by atoms with E-state index in [1.165, 1.54) is 0 Å². The van der Waals surface area contributed by atoms with E-state index in [9.17, 15) is 4.79 Å². The molecule has 0 bridgehead atoms. The number of hydrogen-bond acceptors (Lipinski definition) is 7. The number of anilines is 2. The zero-order chi connectivity index (χ0) is 27.0. The second-order valence-electron chi connectivity index (χ2n) is 11.3. The molecular weight excluding hydrogens is 488 g/mol. The summed E-state index contributed by atoms with van der Waals surface area (Å²) < 4.78 is 6.54. The smallest absolute Gasteiger partial charge is 0.228 e. The van der Waals surface area contributed by atoms with E-state index < -0.39 is 0 Å². The third kappa shape index (κ3) is 5.29. The second kappa shape index (κ2) is 10.3. The molecule has 1 aliphatic heterocycles. The molecule has 4 aromatic rings. The maximum Gasteiger partial charge on any atom is 0.228 e. The molecule has 1 aliphatic carbocycles.